The molecule has 3 rings (SSSR count). The zero-order valence-corrected chi connectivity index (χ0v) is 11.5. The van der Waals surface area contributed by atoms with E-state index in [-0.39, 0.29) is 0 Å². The zero-order valence-electron chi connectivity index (χ0n) is 11.5. The summed E-state index contributed by atoms with van der Waals surface area (Å²) in [4.78, 5) is 0. The minimum atomic E-state index is 0.742. The fraction of sp³-hybridized carbons (Fsp3) is 0.133. The van der Waals surface area contributed by atoms with E-state index >= 15 is 0 Å². The first-order valence-electron chi connectivity index (χ1n) is 6.43. The molecular weight excluding hydrogens is 250 g/mol. The summed E-state index contributed by atoms with van der Waals surface area (Å²) in [6.45, 7) is 0. The summed E-state index contributed by atoms with van der Waals surface area (Å²) in [6, 6.07) is 15.7. The lowest BCUT2D eigenvalue weighted by molar-refractivity contribution is 0.586. The molecule has 0 saturated heterocycles. The van der Waals surface area contributed by atoms with Gasteiger partial charge in [0.2, 0.25) is 0 Å². The second-order valence-electron chi connectivity index (χ2n) is 4.73. The Labute approximate surface area is 116 Å². The lowest BCUT2D eigenvalue weighted by atomic mass is 10.2. The summed E-state index contributed by atoms with van der Waals surface area (Å²) in [5.41, 5.74) is 12.4. The number of rotatable bonds is 2. The van der Waals surface area contributed by atoms with Crippen molar-refractivity contribution in [3.8, 4) is 0 Å². The number of fused-ring (bicyclic) bond motifs is 1. The van der Waals surface area contributed by atoms with Crippen molar-refractivity contribution in [1.29, 1.82) is 0 Å². The standard InChI is InChI=1S/C15H17N5/c1-19-14-6-4-3-5-13(14)15(20(19)2)18-17-12-9-7-11(16)8-10-12/h3-10,17H,16H2,1-2H3. The summed E-state index contributed by atoms with van der Waals surface area (Å²) in [5.74, 6) is 0. The topological polar surface area (TPSA) is 60.3 Å². The number of nitrogens with two attached hydrogens (primary N) is 1. The Kier molecular flexibility index (Phi) is 2.95. The van der Waals surface area contributed by atoms with E-state index in [0.29, 0.717) is 0 Å². The molecule has 5 heteroatoms. The van der Waals surface area contributed by atoms with Gasteiger partial charge in [0.1, 0.15) is 0 Å². The van der Waals surface area contributed by atoms with Gasteiger partial charge in [-0.15, -0.1) is 0 Å². The number of para-hydroxylation sites is 1. The molecule has 0 bridgehead atoms. The number of aryl methyl sites for hydroxylation is 1. The Balaban J connectivity index is 2.07. The zero-order chi connectivity index (χ0) is 14.1. The van der Waals surface area contributed by atoms with Crippen molar-refractivity contribution in [3.05, 3.63) is 54.0 Å². The molecular formula is C15H17N5. The fourth-order valence-corrected chi connectivity index (χ4v) is 2.23. The van der Waals surface area contributed by atoms with Crippen molar-refractivity contribution in [2.75, 3.05) is 11.2 Å². The number of nitrogens with zero attached hydrogens (tertiary/aromatic N) is 3. The fourth-order valence-electron chi connectivity index (χ4n) is 2.23. The van der Waals surface area contributed by atoms with Crippen molar-refractivity contribution >= 4 is 22.3 Å². The van der Waals surface area contributed by atoms with Crippen molar-refractivity contribution in [2.45, 2.75) is 0 Å². The van der Waals surface area contributed by atoms with Gasteiger partial charge < -0.3 is 5.73 Å². The highest BCUT2D eigenvalue weighted by atomic mass is 15.4. The smallest absolute Gasteiger partial charge is 0.176 e. The van der Waals surface area contributed by atoms with Crippen LogP contribution in [0.15, 0.2) is 53.6 Å². The molecule has 2 aromatic carbocycles. The molecule has 102 valence electrons. The molecule has 0 aliphatic heterocycles. The summed E-state index contributed by atoms with van der Waals surface area (Å²) in [5, 5.41) is 5.62. The highest BCUT2D eigenvalue weighted by molar-refractivity contribution is 5.78. The lowest BCUT2D eigenvalue weighted by Gasteiger charge is -2.02. The maximum Gasteiger partial charge on any atom is 0.176 e. The van der Waals surface area contributed by atoms with Crippen LogP contribution >= 0.6 is 0 Å². The maximum atomic E-state index is 5.67. The molecule has 0 spiro atoms. The van der Waals surface area contributed by atoms with Crippen LogP contribution in [-0.2, 0) is 14.1 Å². The van der Waals surface area contributed by atoms with Crippen LogP contribution in [0.4, 0.5) is 11.4 Å². The number of hydrogen-bond acceptors (Lipinski definition) is 3. The Morgan fingerprint density at radius 3 is 2.40 bits per heavy atom. The quantitative estimate of drug-likeness (QED) is 0.551. The molecule has 0 saturated carbocycles. The number of benzene rings is 2. The van der Waals surface area contributed by atoms with Crippen LogP contribution in [0.25, 0.3) is 10.9 Å². The normalized spacial score (nSPS) is 12.0. The monoisotopic (exact) mass is 267 g/mol. The van der Waals surface area contributed by atoms with Crippen LogP contribution in [-0.4, -0.2) is 9.36 Å². The van der Waals surface area contributed by atoms with E-state index in [1.165, 1.54) is 0 Å². The van der Waals surface area contributed by atoms with Crippen molar-refractivity contribution < 1.29 is 0 Å². The van der Waals surface area contributed by atoms with Gasteiger partial charge in [-0.3, -0.25) is 14.8 Å². The van der Waals surface area contributed by atoms with Crippen LogP contribution in [0.2, 0.25) is 0 Å². The molecule has 5 nitrogen and oxygen atoms in total. The molecule has 20 heavy (non-hydrogen) atoms. The number of aromatic nitrogens is 2. The van der Waals surface area contributed by atoms with Gasteiger partial charge in [-0.2, -0.15) is 5.10 Å². The Hall–Kier alpha value is -2.69. The highest BCUT2D eigenvalue weighted by Gasteiger charge is 2.04. The summed E-state index contributed by atoms with van der Waals surface area (Å²) in [7, 11) is 4.01. The van der Waals surface area contributed by atoms with E-state index in [1.54, 1.807) is 0 Å². The number of anilines is 2. The minimum absolute atomic E-state index is 0.742. The lowest BCUT2D eigenvalue weighted by Crippen LogP contribution is -2.20. The molecule has 0 atom stereocenters. The van der Waals surface area contributed by atoms with E-state index in [1.807, 2.05) is 55.2 Å². The summed E-state index contributed by atoms with van der Waals surface area (Å²) >= 11 is 0. The maximum absolute atomic E-state index is 5.67. The van der Waals surface area contributed by atoms with E-state index in [0.717, 1.165) is 27.8 Å². The third-order valence-corrected chi connectivity index (χ3v) is 3.45. The Bertz CT molecular complexity index is 808. The first kappa shape index (κ1) is 12.3. The highest BCUT2D eigenvalue weighted by Crippen LogP contribution is 2.11. The first-order valence-corrected chi connectivity index (χ1v) is 6.43. The molecule has 0 amide bonds. The van der Waals surface area contributed by atoms with Gasteiger partial charge in [-0.05, 0) is 36.4 Å². The Morgan fingerprint density at radius 1 is 0.950 bits per heavy atom. The van der Waals surface area contributed by atoms with Gasteiger partial charge >= 0.3 is 0 Å². The summed E-state index contributed by atoms with van der Waals surface area (Å²) in [6.07, 6.45) is 0. The van der Waals surface area contributed by atoms with Crippen LogP contribution in [0, 0.1) is 0 Å². The molecule has 0 fully saturated rings. The van der Waals surface area contributed by atoms with Crippen molar-refractivity contribution in [2.24, 2.45) is 19.2 Å². The average molecular weight is 267 g/mol. The second-order valence-corrected chi connectivity index (χ2v) is 4.73. The third kappa shape index (κ3) is 2.03. The van der Waals surface area contributed by atoms with Gasteiger partial charge in [0.15, 0.2) is 5.49 Å². The summed E-state index contributed by atoms with van der Waals surface area (Å²) < 4.78 is 4.08. The van der Waals surface area contributed by atoms with Crippen LogP contribution in [0.5, 0.6) is 0 Å². The molecule has 0 unspecified atom stereocenters. The molecule has 3 aromatic rings. The molecule has 1 aromatic heterocycles. The number of nitrogen functional groups attached to an aromatic ring is 1. The predicted octanol–water partition coefficient (Wildman–Crippen LogP) is 2.03. The minimum Gasteiger partial charge on any atom is -0.399 e. The van der Waals surface area contributed by atoms with E-state index in [9.17, 15) is 0 Å². The molecule has 3 N–H and O–H groups in total. The second kappa shape index (κ2) is 4.77. The average Bonchev–Trinajstić information content (AvgIpc) is 2.71. The van der Waals surface area contributed by atoms with Gasteiger partial charge in [0.05, 0.1) is 11.2 Å². The number of hydrogen-bond donors (Lipinski definition) is 2. The van der Waals surface area contributed by atoms with E-state index < -0.39 is 0 Å². The van der Waals surface area contributed by atoms with Gasteiger partial charge in [-0.1, -0.05) is 12.1 Å². The third-order valence-electron chi connectivity index (χ3n) is 3.45. The SMILES string of the molecule is Cn1c(=NNc2ccc(N)cc2)c2ccccc2n1C. The molecule has 0 aliphatic carbocycles. The largest absolute Gasteiger partial charge is 0.399 e. The Morgan fingerprint density at radius 2 is 1.65 bits per heavy atom. The number of nitrogens with one attached hydrogen (secondary N) is 1. The first-order chi connectivity index (χ1) is 9.66. The van der Waals surface area contributed by atoms with Gasteiger partial charge in [0.25, 0.3) is 0 Å². The van der Waals surface area contributed by atoms with Gasteiger partial charge in [0, 0.05) is 25.2 Å². The van der Waals surface area contributed by atoms with Crippen LogP contribution in [0.3, 0.4) is 0 Å². The van der Waals surface area contributed by atoms with Crippen molar-refractivity contribution in [1.82, 2.24) is 9.36 Å². The van der Waals surface area contributed by atoms with E-state index in [2.05, 4.69) is 27.3 Å². The van der Waals surface area contributed by atoms with E-state index in [4.69, 9.17) is 5.73 Å². The van der Waals surface area contributed by atoms with Gasteiger partial charge in [-0.25, -0.2) is 0 Å². The molecule has 1 heterocycles. The van der Waals surface area contributed by atoms with Crippen LogP contribution in [0.1, 0.15) is 0 Å². The molecule has 0 radical (unpaired) electrons. The van der Waals surface area contributed by atoms with Crippen molar-refractivity contribution in [3.63, 3.8) is 0 Å². The van der Waals surface area contributed by atoms with Crippen LogP contribution < -0.4 is 16.6 Å². The molecule has 0 aliphatic rings. The predicted molar refractivity (Wildman–Crippen MR) is 81.9 cm³/mol.